The van der Waals surface area contributed by atoms with Gasteiger partial charge >= 0.3 is 11.9 Å². The van der Waals surface area contributed by atoms with Crippen LogP contribution in [0.25, 0.3) is 16.7 Å². The van der Waals surface area contributed by atoms with Gasteiger partial charge in [0.2, 0.25) is 11.7 Å². The quantitative estimate of drug-likeness (QED) is 0.728. The highest BCUT2D eigenvalue weighted by Gasteiger charge is 2.35. The molecule has 0 aliphatic rings. The summed E-state index contributed by atoms with van der Waals surface area (Å²) in [6.07, 6.45) is -1.33. The van der Waals surface area contributed by atoms with E-state index in [4.69, 9.17) is 0 Å². The summed E-state index contributed by atoms with van der Waals surface area (Å²) in [7, 11) is 0. The van der Waals surface area contributed by atoms with Crippen LogP contribution >= 0.6 is 0 Å². The summed E-state index contributed by atoms with van der Waals surface area (Å²) in [5.41, 5.74) is -1.23. The van der Waals surface area contributed by atoms with Crippen LogP contribution in [-0.2, 0) is 6.18 Å². The number of aromatic nitrogens is 5. The zero-order valence-corrected chi connectivity index (χ0v) is 10.6. The molecule has 1 N–H and O–H groups in total. The minimum atomic E-state index is -4.79. The third kappa shape index (κ3) is 2.24. The SMILES string of the molecule is O=c1nc(O)c2cnc(C(F)(F)F)nc2n1-c1cccnc1. The number of hydrogen-bond donors (Lipinski definition) is 1. The number of nitrogens with zero attached hydrogens (tertiary/aromatic N) is 5. The Bertz CT molecular complexity index is 908. The molecule has 0 aromatic carbocycles. The lowest BCUT2D eigenvalue weighted by molar-refractivity contribution is -0.144. The number of halogens is 3. The summed E-state index contributed by atoms with van der Waals surface area (Å²) in [5, 5.41) is 9.43. The monoisotopic (exact) mass is 309 g/mol. The van der Waals surface area contributed by atoms with Crippen LogP contribution < -0.4 is 5.69 Å². The molecule has 3 heterocycles. The van der Waals surface area contributed by atoms with Crippen LogP contribution in [0.4, 0.5) is 13.2 Å². The molecule has 0 spiro atoms. The summed E-state index contributed by atoms with van der Waals surface area (Å²) in [4.78, 5) is 25.5. The number of hydrogen-bond acceptors (Lipinski definition) is 6. The number of rotatable bonds is 1. The van der Waals surface area contributed by atoms with Crippen molar-refractivity contribution in [2.24, 2.45) is 0 Å². The Labute approximate surface area is 119 Å². The average molecular weight is 309 g/mol. The van der Waals surface area contributed by atoms with Gasteiger partial charge in [0.05, 0.1) is 17.3 Å². The van der Waals surface area contributed by atoms with Gasteiger partial charge in [0.15, 0.2) is 5.65 Å². The number of fused-ring (bicyclic) bond motifs is 1. The van der Waals surface area contributed by atoms with Crippen LogP contribution in [0.5, 0.6) is 5.88 Å². The fourth-order valence-electron chi connectivity index (χ4n) is 1.85. The van der Waals surface area contributed by atoms with E-state index in [0.29, 0.717) is 0 Å². The molecular formula is C12H6F3N5O2. The van der Waals surface area contributed by atoms with Gasteiger partial charge in [-0.1, -0.05) is 0 Å². The second kappa shape index (κ2) is 4.76. The second-order valence-corrected chi connectivity index (χ2v) is 4.19. The maximum atomic E-state index is 12.7. The Morgan fingerprint density at radius 1 is 1.18 bits per heavy atom. The Balaban J connectivity index is 2.42. The fourth-order valence-corrected chi connectivity index (χ4v) is 1.85. The van der Waals surface area contributed by atoms with Gasteiger partial charge < -0.3 is 5.11 Å². The maximum Gasteiger partial charge on any atom is 0.451 e. The third-order valence-corrected chi connectivity index (χ3v) is 2.77. The van der Waals surface area contributed by atoms with Crippen molar-refractivity contribution in [2.75, 3.05) is 0 Å². The topological polar surface area (TPSA) is 93.8 Å². The highest BCUT2D eigenvalue weighted by atomic mass is 19.4. The molecule has 0 atom stereocenters. The number of pyridine rings is 1. The molecule has 0 saturated carbocycles. The van der Waals surface area contributed by atoms with Gasteiger partial charge in [-0.15, -0.1) is 0 Å². The van der Waals surface area contributed by atoms with Crippen molar-refractivity contribution in [1.82, 2.24) is 24.5 Å². The van der Waals surface area contributed by atoms with E-state index in [1.807, 2.05) is 0 Å². The van der Waals surface area contributed by atoms with Gasteiger partial charge in [0, 0.05) is 12.4 Å². The molecule has 0 aliphatic heterocycles. The van der Waals surface area contributed by atoms with Crippen LogP contribution in [0.2, 0.25) is 0 Å². The van der Waals surface area contributed by atoms with Crippen molar-refractivity contribution in [2.45, 2.75) is 6.18 Å². The maximum absolute atomic E-state index is 12.7. The standard InChI is InChI=1S/C12H6F3N5O2/c13-12(14,15)10-17-5-7-8(18-10)20(11(22)19-9(7)21)6-2-1-3-16-4-6/h1-5H,(H,19,21,22). The van der Waals surface area contributed by atoms with E-state index >= 15 is 0 Å². The van der Waals surface area contributed by atoms with E-state index in [2.05, 4.69) is 19.9 Å². The zero-order valence-electron chi connectivity index (χ0n) is 10.6. The van der Waals surface area contributed by atoms with Crippen LogP contribution in [0.3, 0.4) is 0 Å². The smallest absolute Gasteiger partial charge is 0.451 e. The van der Waals surface area contributed by atoms with Crippen molar-refractivity contribution in [3.8, 4) is 11.6 Å². The van der Waals surface area contributed by atoms with E-state index in [1.54, 1.807) is 0 Å². The van der Waals surface area contributed by atoms with Crippen LogP contribution in [0.15, 0.2) is 35.5 Å². The normalized spacial score (nSPS) is 11.8. The number of aromatic hydroxyl groups is 1. The van der Waals surface area contributed by atoms with Gasteiger partial charge in [0.25, 0.3) is 0 Å². The predicted octanol–water partition coefficient (Wildman–Crippen LogP) is 1.30. The lowest BCUT2D eigenvalue weighted by Gasteiger charge is -2.11. The van der Waals surface area contributed by atoms with Gasteiger partial charge in [-0.2, -0.15) is 18.2 Å². The summed E-state index contributed by atoms with van der Waals surface area (Å²) >= 11 is 0. The van der Waals surface area contributed by atoms with Crippen molar-refractivity contribution in [3.05, 3.63) is 47.0 Å². The van der Waals surface area contributed by atoms with Gasteiger partial charge in [0.1, 0.15) is 0 Å². The molecule has 3 rings (SSSR count). The first-order valence-corrected chi connectivity index (χ1v) is 5.84. The Morgan fingerprint density at radius 3 is 2.59 bits per heavy atom. The Morgan fingerprint density at radius 2 is 1.95 bits per heavy atom. The average Bonchev–Trinajstić information content (AvgIpc) is 2.47. The molecule has 3 aromatic rings. The number of alkyl halides is 3. The summed E-state index contributed by atoms with van der Waals surface area (Å²) < 4.78 is 39.1. The predicted molar refractivity (Wildman–Crippen MR) is 67.4 cm³/mol. The first-order chi connectivity index (χ1) is 10.4. The zero-order chi connectivity index (χ0) is 15.9. The third-order valence-electron chi connectivity index (χ3n) is 2.77. The highest BCUT2D eigenvalue weighted by molar-refractivity contribution is 5.80. The van der Waals surface area contributed by atoms with Crippen molar-refractivity contribution < 1.29 is 18.3 Å². The van der Waals surface area contributed by atoms with Crippen LogP contribution in [0, 0.1) is 0 Å². The molecule has 0 unspecified atom stereocenters. The van der Waals surface area contributed by atoms with Gasteiger partial charge in [-0.05, 0) is 12.1 Å². The highest BCUT2D eigenvalue weighted by Crippen LogP contribution is 2.28. The van der Waals surface area contributed by atoms with Crippen molar-refractivity contribution >= 4 is 11.0 Å². The van der Waals surface area contributed by atoms with Crippen molar-refractivity contribution in [3.63, 3.8) is 0 Å². The van der Waals surface area contributed by atoms with E-state index < -0.39 is 29.2 Å². The molecule has 112 valence electrons. The lowest BCUT2D eigenvalue weighted by Crippen LogP contribution is -2.23. The van der Waals surface area contributed by atoms with Gasteiger partial charge in [-0.3, -0.25) is 4.98 Å². The summed E-state index contributed by atoms with van der Waals surface area (Å²) in [6.45, 7) is 0. The minimum Gasteiger partial charge on any atom is -0.493 e. The van der Waals surface area contributed by atoms with E-state index in [9.17, 15) is 23.1 Å². The molecular weight excluding hydrogens is 303 g/mol. The molecule has 0 bridgehead atoms. The Hall–Kier alpha value is -3.04. The Kier molecular flexibility index (Phi) is 3.01. The molecule has 0 amide bonds. The molecule has 22 heavy (non-hydrogen) atoms. The first-order valence-electron chi connectivity index (χ1n) is 5.84. The summed E-state index contributed by atoms with van der Waals surface area (Å²) in [6, 6.07) is 2.94. The fraction of sp³-hybridized carbons (Fsp3) is 0.0833. The van der Waals surface area contributed by atoms with Gasteiger partial charge in [-0.25, -0.2) is 19.3 Å². The molecule has 0 radical (unpaired) electrons. The van der Waals surface area contributed by atoms with Crippen LogP contribution in [-0.4, -0.2) is 29.6 Å². The van der Waals surface area contributed by atoms with E-state index in [1.165, 1.54) is 24.5 Å². The first kappa shape index (κ1) is 13.9. The summed E-state index contributed by atoms with van der Waals surface area (Å²) in [5.74, 6) is -2.17. The molecule has 3 aromatic heterocycles. The van der Waals surface area contributed by atoms with Crippen molar-refractivity contribution in [1.29, 1.82) is 0 Å². The molecule has 0 aliphatic carbocycles. The lowest BCUT2D eigenvalue weighted by atomic mass is 10.3. The van der Waals surface area contributed by atoms with Crippen LogP contribution in [0.1, 0.15) is 5.82 Å². The molecule has 7 nitrogen and oxygen atoms in total. The molecule has 0 saturated heterocycles. The van der Waals surface area contributed by atoms with E-state index in [0.717, 1.165) is 10.8 Å². The largest absolute Gasteiger partial charge is 0.493 e. The molecule has 10 heteroatoms. The minimum absolute atomic E-state index is 0.164. The molecule has 0 fully saturated rings. The van der Waals surface area contributed by atoms with E-state index in [-0.39, 0.29) is 11.1 Å². The second-order valence-electron chi connectivity index (χ2n) is 4.19.